The smallest absolute Gasteiger partial charge is 0.0719 e. The molecular formula is C18H22O. The second-order valence-corrected chi connectivity index (χ2v) is 4.78. The van der Waals surface area contributed by atoms with E-state index in [1.54, 1.807) is 7.11 Å². The van der Waals surface area contributed by atoms with Crippen molar-refractivity contribution in [3.63, 3.8) is 0 Å². The van der Waals surface area contributed by atoms with E-state index >= 15 is 0 Å². The van der Waals surface area contributed by atoms with E-state index in [4.69, 9.17) is 4.74 Å². The zero-order chi connectivity index (χ0) is 13.7. The van der Waals surface area contributed by atoms with Crippen molar-refractivity contribution < 1.29 is 4.74 Å². The van der Waals surface area contributed by atoms with Crippen LogP contribution >= 0.6 is 0 Å². The summed E-state index contributed by atoms with van der Waals surface area (Å²) >= 11 is 0. The molecule has 19 heavy (non-hydrogen) atoms. The summed E-state index contributed by atoms with van der Waals surface area (Å²) in [5, 5.41) is 0. The molecule has 0 aliphatic carbocycles. The van der Waals surface area contributed by atoms with E-state index < -0.39 is 0 Å². The normalized spacial score (nSPS) is 10.7. The van der Waals surface area contributed by atoms with Crippen LogP contribution in [0.5, 0.6) is 0 Å². The average molecular weight is 254 g/mol. The van der Waals surface area contributed by atoms with Gasteiger partial charge in [0.1, 0.15) is 0 Å². The second-order valence-electron chi connectivity index (χ2n) is 4.78. The lowest BCUT2D eigenvalue weighted by molar-refractivity contribution is 0.185. The molecule has 0 spiro atoms. The van der Waals surface area contributed by atoms with E-state index in [0.29, 0.717) is 6.61 Å². The third kappa shape index (κ3) is 3.05. The molecule has 0 fully saturated rings. The first-order valence-corrected chi connectivity index (χ1v) is 6.99. The van der Waals surface area contributed by atoms with Gasteiger partial charge in [-0.05, 0) is 40.7 Å². The highest BCUT2D eigenvalue weighted by molar-refractivity contribution is 5.68. The number of rotatable bonds is 5. The van der Waals surface area contributed by atoms with Gasteiger partial charge in [-0.1, -0.05) is 56.3 Å². The average Bonchev–Trinajstić information content (AvgIpc) is 2.47. The van der Waals surface area contributed by atoms with E-state index in [1.807, 2.05) is 0 Å². The number of methoxy groups -OCH3 is 1. The Morgan fingerprint density at radius 3 is 2.26 bits per heavy atom. The van der Waals surface area contributed by atoms with Crippen LogP contribution in [0.3, 0.4) is 0 Å². The molecule has 2 aromatic carbocycles. The third-order valence-corrected chi connectivity index (χ3v) is 3.60. The molecule has 2 aromatic rings. The molecule has 2 rings (SSSR count). The van der Waals surface area contributed by atoms with Gasteiger partial charge < -0.3 is 4.74 Å². The Kier molecular flexibility index (Phi) is 4.75. The Balaban J connectivity index is 2.47. The zero-order valence-electron chi connectivity index (χ0n) is 12.1. The molecule has 0 radical (unpaired) electrons. The number of hydrogen-bond acceptors (Lipinski definition) is 1. The summed E-state index contributed by atoms with van der Waals surface area (Å²) < 4.78 is 5.29. The van der Waals surface area contributed by atoms with Crippen molar-refractivity contribution in [2.24, 2.45) is 0 Å². The summed E-state index contributed by atoms with van der Waals surface area (Å²) in [5.41, 5.74) is 6.72. The van der Waals surface area contributed by atoms with Crippen molar-refractivity contribution in [3.05, 3.63) is 59.2 Å². The quantitative estimate of drug-likeness (QED) is 0.756. The predicted octanol–water partition coefficient (Wildman–Crippen LogP) is 4.62. The molecule has 100 valence electrons. The number of hydrogen-bond donors (Lipinski definition) is 0. The van der Waals surface area contributed by atoms with E-state index in [2.05, 4.69) is 56.3 Å². The fourth-order valence-electron chi connectivity index (χ4n) is 2.55. The molecule has 0 atom stereocenters. The molecule has 0 amide bonds. The van der Waals surface area contributed by atoms with Crippen LogP contribution in [0.15, 0.2) is 42.5 Å². The van der Waals surface area contributed by atoms with Crippen molar-refractivity contribution in [2.45, 2.75) is 33.3 Å². The SMILES string of the molecule is CCc1ccc(-c2ccccc2COC)cc1CC. The van der Waals surface area contributed by atoms with Gasteiger partial charge in [0.25, 0.3) is 0 Å². The van der Waals surface area contributed by atoms with E-state index in [9.17, 15) is 0 Å². The molecular weight excluding hydrogens is 232 g/mol. The van der Waals surface area contributed by atoms with E-state index in [0.717, 1.165) is 12.8 Å². The molecule has 0 aromatic heterocycles. The highest BCUT2D eigenvalue weighted by Crippen LogP contribution is 2.27. The maximum atomic E-state index is 5.29. The minimum Gasteiger partial charge on any atom is -0.380 e. The van der Waals surface area contributed by atoms with E-state index in [-0.39, 0.29) is 0 Å². The summed E-state index contributed by atoms with van der Waals surface area (Å²) in [5.74, 6) is 0. The number of aryl methyl sites for hydroxylation is 2. The second kappa shape index (κ2) is 6.53. The molecule has 0 bridgehead atoms. The van der Waals surface area contributed by atoms with Gasteiger partial charge in [-0.2, -0.15) is 0 Å². The monoisotopic (exact) mass is 254 g/mol. The molecule has 0 aliphatic heterocycles. The van der Waals surface area contributed by atoms with Crippen LogP contribution < -0.4 is 0 Å². The van der Waals surface area contributed by atoms with Crippen molar-refractivity contribution >= 4 is 0 Å². The Morgan fingerprint density at radius 1 is 0.842 bits per heavy atom. The summed E-state index contributed by atoms with van der Waals surface area (Å²) in [6.45, 7) is 5.10. The lowest BCUT2D eigenvalue weighted by Gasteiger charge is -2.12. The summed E-state index contributed by atoms with van der Waals surface area (Å²) in [4.78, 5) is 0. The van der Waals surface area contributed by atoms with Crippen LogP contribution in [0, 0.1) is 0 Å². The van der Waals surface area contributed by atoms with Crippen molar-refractivity contribution in [1.82, 2.24) is 0 Å². The predicted molar refractivity (Wildman–Crippen MR) is 81.3 cm³/mol. The highest BCUT2D eigenvalue weighted by Gasteiger charge is 2.07. The maximum absolute atomic E-state index is 5.29. The molecule has 1 heteroatoms. The molecule has 0 saturated heterocycles. The van der Waals surface area contributed by atoms with Crippen LogP contribution in [0.1, 0.15) is 30.5 Å². The minimum atomic E-state index is 0.660. The van der Waals surface area contributed by atoms with Crippen molar-refractivity contribution in [3.8, 4) is 11.1 Å². The molecule has 0 N–H and O–H groups in total. The zero-order valence-corrected chi connectivity index (χ0v) is 12.1. The standard InChI is InChI=1S/C18H22O/c1-4-14-10-11-16(12-15(14)5-2)18-9-7-6-8-17(18)13-19-3/h6-12H,4-5,13H2,1-3H3. The summed E-state index contributed by atoms with van der Waals surface area (Å²) in [7, 11) is 1.74. The Labute approximate surface area is 116 Å². The van der Waals surface area contributed by atoms with Crippen molar-refractivity contribution in [1.29, 1.82) is 0 Å². The van der Waals surface area contributed by atoms with E-state index in [1.165, 1.54) is 27.8 Å². The maximum Gasteiger partial charge on any atom is 0.0719 e. The van der Waals surface area contributed by atoms with Gasteiger partial charge >= 0.3 is 0 Å². The van der Waals surface area contributed by atoms with Crippen LogP contribution in [0.2, 0.25) is 0 Å². The van der Waals surface area contributed by atoms with Gasteiger partial charge in [-0.15, -0.1) is 0 Å². The first-order chi connectivity index (χ1) is 9.30. The van der Waals surface area contributed by atoms with Gasteiger partial charge in [-0.25, -0.2) is 0 Å². The van der Waals surface area contributed by atoms with Gasteiger partial charge in [0.15, 0.2) is 0 Å². The van der Waals surface area contributed by atoms with Crippen LogP contribution in [-0.4, -0.2) is 7.11 Å². The van der Waals surface area contributed by atoms with Crippen LogP contribution in [0.4, 0.5) is 0 Å². The fraction of sp³-hybridized carbons (Fsp3) is 0.333. The summed E-state index contributed by atoms with van der Waals surface area (Å²) in [6, 6.07) is 15.3. The molecule has 0 saturated carbocycles. The minimum absolute atomic E-state index is 0.660. The van der Waals surface area contributed by atoms with Crippen molar-refractivity contribution in [2.75, 3.05) is 7.11 Å². The lowest BCUT2D eigenvalue weighted by Crippen LogP contribution is -1.95. The largest absolute Gasteiger partial charge is 0.380 e. The fourth-order valence-corrected chi connectivity index (χ4v) is 2.55. The topological polar surface area (TPSA) is 9.23 Å². The summed E-state index contributed by atoms with van der Waals surface area (Å²) in [6.07, 6.45) is 2.19. The molecule has 0 aliphatic rings. The van der Waals surface area contributed by atoms with Gasteiger partial charge in [0, 0.05) is 7.11 Å². The number of benzene rings is 2. The van der Waals surface area contributed by atoms with Gasteiger partial charge in [-0.3, -0.25) is 0 Å². The first kappa shape index (κ1) is 13.8. The van der Waals surface area contributed by atoms with Gasteiger partial charge in [0.2, 0.25) is 0 Å². The first-order valence-electron chi connectivity index (χ1n) is 6.99. The van der Waals surface area contributed by atoms with Gasteiger partial charge in [0.05, 0.1) is 6.61 Å². The Bertz CT molecular complexity index is 543. The van der Waals surface area contributed by atoms with Crippen LogP contribution in [-0.2, 0) is 24.2 Å². The molecule has 0 heterocycles. The van der Waals surface area contributed by atoms with Crippen LogP contribution in [0.25, 0.3) is 11.1 Å². The Hall–Kier alpha value is -1.60. The molecule has 0 unspecified atom stereocenters. The molecule has 1 nitrogen and oxygen atoms in total. The Morgan fingerprint density at radius 2 is 1.58 bits per heavy atom. The highest BCUT2D eigenvalue weighted by atomic mass is 16.5. The lowest BCUT2D eigenvalue weighted by atomic mass is 9.94. The third-order valence-electron chi connectivity index (χ3n) is 3.60. The number of ether oxygens (including phenoxy) is 1.